The van der Waals surface area contributed by atoms with E-state index in [2.05, 4.69) is 13.8 Å². The van der Waals surface area contributed by atoms with Crippen molar-refractivity contribution in [3.05, 3.63) is 0 Å². The predicted octanol–water partition coefficient (Wildman–Crippen LogP) is 6.31. The van der Waals surface area contributed by atoms with Crippen molar-refractivity contribution in [1.29, 1.82) is 0 Å². The second-order valence-electron chi connectivity index (χ2n) is 9.46. The van der Waals surface area contributed by atoms with Gasteiger partial charge in [-0.1, -0.05) is 78.1 Å². The van der Waals surface area contributed by atoms with Gasteiger partial charge in [0.15, 0.2) is 5.41 Å². The maximum Gasteiger partial charge on any atom is 0.326 e. The molecule has 0 atom stereocenters. The molecule has 3 aliphatic rings. The Labute approximate surface area is 171 Å². The zero-order valence-electron chi connectivity index (χ0n) is 18.1. The highest BCUT2D eigenvalue weighted by Gasteiger charge is 2.62. The molecule has 28 heavy (non-hydrogen) atoms. The molecule has 1 saturated heterocycles. The predicted molar refractivity (Wildman–Crippen MR) is 110 cm³/mol. The molecule has 0 amide bonds. The first-order valence-corrected chi connectivity index (χ1v) is 12.1. The minimum atomic E-state index is -1.07. The molecule has 1 aliphatic heterocycles. The molecule has 0 aromatic heterocycles. The summed E-state index contributed by atoms with van der Waals surface area (Å²) in [4.78, 5) is 27.0. The summed E-state index contributed by atoms with van der Waals surface area (Å²) in [6.07, 6.45) is 15.8. The average Bonchev–Trinajstić information content (AvgIpc) is 2.74. The van der Waals surface area contributed by atoms with Crippen molar-refractivity contribution in [3.8, 4) is 0 Å². The average molecular weight is 393 g/mol. The Balaban J connectivity index is 1.90. The Morgan fingerprint density at radius 1 is 0.714 bits per heavy atom. The van der Waals surface area contributed by atoms with Crippen molar-refractivity contribution < 1.29 is 19.1 Å². The van der Waals surface area contributed by atoms with Crippen LogP contribution in [0, 0.1) is 17.3 Å². The second-order valence-corrected chi connectivity index (χ2v) is 9.46. The number of ether oxygens (including phenoxy) is 2. The lowest BCUT2D eigenvalue weighted by Gasteiger charge is -2.52. The van der Waals surface area contributed by atoms with E-state index in [0.29, 0.717) is 12.8 Å². The van der Waals surface area contributed by atoms with Crippen LogP contribution in [0.4, 0.5) is 0 Å². The van der Waals surface area contributed by atoms with Gasteiger partial charge >= 0.3 is 11.9 Å². The minimum Gasteiger partial charge on any atom is -0.421 e. The summed E-state index contributed by atoms with van der Waals surface area (Å²) >= 11 is 0. The molecule has 0 radical (unpaired) electrons. The van der Waals surface area contributed by atoms with E-state index in [1.807, 2.05) is 0 Å². The number of unbranched alkanes of at least 4 members (excludes halogenated alkanes) is 2. The number of esters is 2. The van der Waals surface area contributed by atoms with Gasteiger partial charge in [-0.05, 0) is 38.5 Å². The van der Waals surface area contributed by atoms with Gasteiger partial charge in [0.25, 0.3) is 5.79 Å². The molecule has 4 nitrogen and oxygen atoms in total. The fraction of sp³-hybridized carbons (Fsp3) is 0.917. The Morgan fingerprint density at radius 2 is 1.11 bits per heavy atom. The van der Waals surface area contributed by atoms with Gasteiger partial charge in [-0.3, -0.25) is 9.59 Å². The highest BCUT2D eigenvalue weighted by Crippen LogP contribution is 2.51. The highest BCUT2D eigenvalue weighted by atomic mass is 16.7. The van der Waals surface area contributed by atoms with Crippen molar-refractivity contribution in [2.24, 2.45) is 17.3 Å². The van der Waals surface area contributed by atoms with Gasteiger partial charge in [0, 0.05) is 11.8 Å². The zero-order valence-corrected chi connectivity index (χ0v) is 18.1. The van der Waals surface area contributed by atoms with E-state index in [-0.39, 0.29) is 23.8 Å². The molecule has 3 rings (SSSR count). The third kappa shape index (κ3) is 4.11. The van der Waals surface area contributed by atoms with Gasteiger partial charge in [-0.15, -0.1) is 0 Å². The topological polar surface area (TPSA) is 52.6 Å². The van der Waals surface area contributed by atoms with E-state index in [4.69, 9.17) is 9.47 Å². The minimum absolute atomic E-state index is 0.174. The van der Waals surface area contributed by atoms with Crippen LogP contribution in [0.15, 0.2) is 0 Å². The normalized spacial score (nSPS) is 25.9. The molecule has 0 bridgehead atoms. The fourth-order valence-corrected chi connectivity index (χ4v) is 5.76. The van der Waals surface area contributed by atoms with Crippen molar-refractivity contribution in [2.75, 3.05) is 0 Å². The molecular formula is C24H40O4. The molecule has 1 heterocycles. The lowest BCUT2D eigenvalue weighted by atomic mass is 9.70. The Bertz CT molecular complexity index is 481. The van der Waals surface area contributed by atoms with Crippen molar-refractivity contribution in [2.45, 2.75) is 122 Å². The van der Waals surface area contributed by atoms with Crippen LogP contribution in [0.2, 0.25) is 0 Å². The molecular weight excluding hydrogens is 352 g/mol. The first-order valence-electron chi connectivity index (χ1n) is 12.1. The van der Waals surface area contributed by atoms with E-state index in [1.54, 1.807) is 0 Å². The SMILES string of the molecule is CCCCC1(CCCC)C(=O)OC(C2CCCCC2)(C2CCCCC2)OC1=O. The Morgan fingerprint density at radius 3 is 1.46 bits per heavy atom. The molecule has 0 unspecified atom stereocenters. The third-order valence-electron chi connectivity index (χ3n) is 7.55. The van der Waals surface area contributed by atoms with Crippen LogP contribution in [0.3, 0.4) is 0 Å². The molecule has 0 aromatic rings. The van der Waals surface area contributed by atoms with E-state index < -0.39 is 11.2 Å². The van der Waals surface area contributed by atoms with Crippen LogP contribution < -0.4 is 0 Å². The van der Waals surface area contributed by atoms with Crippen LogP contribution in [0.1, 0.15) is 117 Å². The quantitative estimate of drug-likeness (QED) is 0.359. The number of carbonyl (C=O) groups is 2. The third-order valence-corrected chi connectivity index (χ3v) is 7.55. The second kappa shape index (κ2) is 9.63. The van der Waals surface area contributed by atoms with Crippen LogP contribution in [-0.4, -0.2) is 17.7 Å². The highest BCUT2D eigenvalue weighted by molar-refractivity contribution is 6.01. The summed E-state index contributed by atoms with van der Waals surface area (Å²) in [5.74, 6) is -1.19. The summed E-state index contributed by atoms with van der Waals surface area (Å²) in [6.45, 7) is 4.20. The summed E-state index contributed by atoms with van der Waals surface area (Å²) in [5, 5.41) is 0. The molecule has 3 fully saturated rings. The largest absolute Gasteiger partial charge is 0.421 e. The lowest BCUT2D eigenvalue weighted by molar-refractivity contribution is -0.305. The van der Waals surface area contributed by atoms with Crippen molar-refractivity contribution in [3.63, 3.8) is 0 Å². The van der Waals surface area contributed by atoms with E-state index in [1.165, 1.54) is 12.8 Å². The van der Waals surface area contributed by atoms with Gasteiger partial charge in [0.2, 0.25) is 0 Å². The smallest absolute Gasteiger partial charge is 0.326 e. The number of carbonyl (C=O) groups excluding carboxylic acids is 2. The first kappa shape index (κ1) is 21.6. The molecule has 160 valence electrons. The fourth-order valence-electron chi connectivity index (χ4n) is 5.76. The molecule has 0 aromatic carbocycles. The molecule has 2 saturated carbocycles. The summed E-state index contributed by atoms with van der Waals surface area (Å²) in [5.41, 5.74) is -1.07. The first-order chi connectivity index (χ1) is 13.6. The van der Waals surface area contributed by atoms with Gasteiger partial charge in [0.05, 0.1) is 0 Å². The number of cyclic esters (lactones) is 2. The molecule has 0 N–H and O–H groups in total. The number of hydrogen-bond donors (Lipinski definition) is 0. The van der Waals surface area contributed by atoms with E-state index >= 15 is 0 Å². The molecule has 2 aliphatic carbocycles. The summed E-state index contributed by atoms with van der Waals surface area (Å²) < 4.78 is 12.7. The maximum atomic E-state index is 13.5. The molecule has 4 heteroatoms. The van der Waals surface area contributed by atoms with Gasteiger partial charge in [0.1, 0.15) is 0 Å². The van der Waals surface area contributed by atoms with Crippen molar-refractivity contribution in [1.82, 2.24) is 0 Å². The Kier molecular flexibility index (Phi) is 7.44. The standard InChI is InChI=1S/C24H40O4/c1-3-5-17-23(18-6-4-2)21(25)27-24(28-22(23)26,19-13-9-7-10-14-19)20-15-11-8-12-16-20/h19-20H,3-18H2,1-2H3. The van der Waals surface area contributed by atoms with Crippen molar-refractivity contribution >= 4 is 11.9 Å². The Hall–Kier alpha value is -1.06. The van der Waals surface area contributed by atoms with E-state index in [0.717, 1.165) is 77.0 Å². The van der Waals surface area contributed by atoms with Crippen LogP contribution in [0.25, 0.3) is 0 Å². The van der Waals surface area contributed by atoms with Crippen LogP contribution in [-0.2, 0) is 19.1 Å². The van der Waals surface area contributed by atoms with Gasteiger partial charge in [-0.25, -0.2) is 0 Å². The van der Waals surface area contributed by atoms with E-state index in [9.17, 15) is 9.59 Å². The van der Waals surface area contributed by atoms with Gasteiger partial charge < -0.3 is 9.47 Å². The van der Waals surface area contributed by atoms with Gasteiger partial charge in [-0.2, -0.15) is 0 Å². The van der Waals surface area contributed by atoms with Crippen LogP contribution in [0.5, 0.6) is 0 Å². The number of hydrogen-bond acceptors (Lipinski definition) is 4. The lowest BCUT2D eigenvalue weighted by Crippen LogP contribution is -2.62. The van der Waals surface area contributed by atoms with Crippen LogP contribution >= 0.6 is 0 Å². The summed E-state index contributed by atoms with van der Waals surface area (Å²) in [7, 11) is 0. The summed E-state index contributed by atoms with van der Waals surface area (Å²) in [6, 6.07) is 0. The number of rotatable bonds is 8. The molecule has 0 spiro atoms. The maximum absolute atomic E-state index is 13.5. The monoisotopic (exact) mass is 392 g/mol. The zero-order chi connectivity index (χ0) is 20.0.